The Labute approximate surface area is 230 Å². The van der Waals surface area contributed by atoms with Crippen molar-refractivity contribution in [3.8, 4) is 0 Å². The highest BCUT2D eigenvalue weighted by Gasteiger charge is 2.43. The Morgan fingerprint density at radius 3 is 2.42 bits per heavy atom. The first-order chi connectivity index (χ1) is 19.1. The number of aromatic nitrogens is 3. The number of likely N-dealkylation sites (tertiary alicyclic amines) is 1. The van der Waals surface area contributed by atoms with E-state index < -0.39 is 29.9 Å². The number of aryl methyl sites for hydroxylation is 1. The molecule has 2 aromatic heterocycles. The van der Waals surface area contributed by atoms with Gasteiger partial charge in [-0.25, -0.2) is 9.88 Å². The molecule has 0 bridgehead atoms. The molecule has 0 radical (unpaired) electrons. The molecule has 0 aliphatic carbocycles. The number of nitrogens with zero attached hydrogens (tertiary/aromatic N) is 6. The van der Waals surface area contributed by atoms with Crippen LogP contribution in [0.3, 0.4) is 0 Å². The number of hydrogen-bond acceptors (Lipinski definition) is 8. The van der Waals surface area contributed by atoms with E-state index in [1.54, 1.807) is 29.2 Å². The minimum absolute atomic E-state index is 0.112. The zero-order chi connectivity index (χ0) is 28.2. The van der Waals surface area contributed by atoms with Crippen molar-refractivity contribution in [2.45, 2.75) is 51.1 Å². The fourth-order valence-electron chi connectivity index (χ4n) is 5.14. The number of alkyl halides is 3. The topological polar surface area (TPSA) is 110 Å². The Kier molecular flexibility index (Phi) is 6.44. The van der Waals surface area contributed by atoms with Crippen molar-refractivity contribution in [3.63, 3.8) is 0 Å². The minimum atomic E-state index is -4.56. The highest BCUT2D eigenvalue weighted by molar-refractivity contribution is 7.10. The van der Waals surface area contributed by atoms with Crippen LogP contribution in [0, 0.1) is 6.92 Å². The SMILES string of the molecule is Cc1cc(C(F)(F)F)nn1CC(=O)N1CCC(c2nc(C3=NO[C@@H](N4C(=O)c5ccccc5C4=O)C3)cs2)CC1. The van der Waals surface area contributed by atoms with E-state index in [0.29, 0.717) is 48.5 Å². The summed E-state index contributed by atoms with van der Waals surface area (Å²) in [6.07, 6.45) is -3.86. The third-order valence-corrected chi connectivity index (χ3v) is 8.34. The fraction of sp³-hybridized carbons (Fsp3) is 0.385. The second kappa shape index (κ2) is 9.84. The third-order valence-electron chi connectivity index (χ3n) is 7.34. The molecule has 0 spiro atoms. The van der Waals surface area contributed by atoms with E-state index >= 15 is 0 Å². The van der Waals surface area contributed by atoms with Gasteiger partial charge in [-0.15, -0.1) is 11.3 Å². The van der Waals surface area contributed by atoms with Gasteiger partial charge in [-0.05, 0) is 38.0 Å². The average molecular weight is 573 g/mol. The molecule has 6 rings (SSSR count). The summed E-state index contributed by atoms with van der Waals surface area (Å²) in [5, 5.41) is 10.4. The smallest absolute Gasteiger partial charge is 0.369 e. The zero-order valence-electron chi connectivity index (χ0n) is 21.2. The zero-order valence-corrected chi connectivity index (χ0v) is 22.0. The molecule has 40 heavy (non-hydrogen) atoms. The van der Waals surface area contributed by atoms with Crippen LogP contribution in [-0.2, 0) is 22.4 Å². The Bertz CT molecular complexity index is 1500. The number of amides is 3. The van der Waals surface area contributed by atoms with Crippen molar-refractivity contribution < 1.29 is 32.4 Å². The number of imide groups is 1. The van der Waals surface area contributed by atoms with Crippen LogP contribution in [0.2, 0.25) is 0 Å². The van der Waals surface area contributed by atoms with Gasteiger partial charge in [0, 0.05) is 30.1 Å². The Morgan fingerprint density at radius 2 is 1.80 bits per heavy atom. The van der Waals surface area contributed by atoms with Crippen LogP contribution in [0.1, 0.15) is 68.0 Å². The number of carbonyl (C=O) groups is 3. The molecule has 3 aliphatic heterocycles. The van der Waals surface area contributed by atoms with E-state index in [1.807, 2.05) is 5.38 Å². The Hall–Kier alpha value is -4.07. The minimum Gasteiger partial charge on any atom is -0.369 e. The molecule has 1 saturated heterocycles. The van der Waals surface area contributed by atoms with E-state index in [4.69, 9.17) is 9.82 Å². The number of rotatable bonds is 5. The first kappa shape index (κ1) is 26.2. The number of benzene rings is 1. The maximum Gasteiger partial charge on any atom is 0.435 e. The number of hydrogen-bond donors (Lipinski definition) is 0. The van der Waals surface area contributed by atoms with Crippen LogP contribution >= 0.6 is 11.3 Å². The van der Waals surface area contributed by atoms with Gasteiger partial charge in [0.15, 0.2) is 5.69 Å². The summed E-state index contributed by atoms with van der Waals surface area (Å²) in [4.78, 5) is 51.2. The molecule has 1 atom stereocenters. The van der Waals surface area contributed by atoms with E-state index in [2.05, 4.69) is 10.3 Å². The number of piperidine rings is 1. The van der Waals surface area contributed by atoms with Crippen LogP contribution in [0.25, 0.3) is 0 Å². The normalized spacial score (nSPS) is 19.7. The maximum absolute atomic E-state index is 12.9. The van der Waals surface area contributed by atoms with Gasteiger partial charge < -0.3 is 9.74 Å². The van der Waals surface area contributed by atoms with Gasteiger partial charge in [-0.3, -0.25) is 19.1 Å². The van der Waals surface area contributed by atoms with Crippen LogP contribution in [0.15, 0.2) is 40.9 Å². The summed E-state index contributed by atoms with van der Waals surface area (Å²) in [5.41, 5.74) is 1.11. The molecule has 0 saturated carbocycles. The lowest BCUT2D eigenvalue weighted by molar-refractivity contribution is -0.142. The van der Waals surface area contributed by atoms with E-state index in [1.165, 1.54) is 18.3 Å². The van der Waals surface area contributed by atoms with E-state index in [9.17, 15) is 27.6 Å². The summed E-state index contributed by atoms with van der Waals surface area (Å²) in [6.45, 7) is 2.15. The van der Waals surface area contributed by atoms with Crippen LogP contribution in [0.4, 0.5) is 13.2 Å². The van der Waals surface area contributed by atoms with Crippen molar-refractivity contribution >= 4 is 34.8 Å². The first-order valence-corrected chi connectivity index (χ1v) is 13.5. The molecule has 0 N–H and O–H groups in total. The molecular formula is C26H23F3N6O4S. The maximum atomic E-state index is 12.9. The molecule has 208 valence electrons. The molecule has 0 unspecified atom stereocenters. The lowest BCUT2D eigenvalue weighted by atomic mass is 9.97. The quantitative estimate of drug-likeness (QED) is 0.430. The summed E-state index contributed by atoms with van der Waals surface area (Å²) < 4.78 is 39.9. The van der Waals surface area contributed by atoms with Crippen molar-refractivity contribution in [2.75, 3.05) is 13.1 Å². The number of thiazole rings is 1. The Balaban J connectivity index is 1.04. The fourth-order valence-corrected chi connectivity index (χ4v) is 6.14. The van der Waals surface area contributed by atoms with Crippen molar-refractivity contribution in [1.29, 1.82) is 0 Å². The average Bonchev–Trinajstić information content (AvgIpc) is 3.72. The summed E-state index contributed by atoms with van der Waals surface area (Å²) in [7, 11) is 0. The second-order valence-corrected chi connectivity index (χ2v) is 10.8. The molecule has 1 aromatic carbocycles. The summed E-state index contributed by atoms with van der Waals surface area (Å²) in [6, 6.07) is 7.56. The van der Waals surface area contributed by atoms with Gasteiger partial charge in [0.2, 0.25) is 12.1 Å². The standard InChI is InChI=1S/C26H23F3N6O4S/c1-14-10-20(26(27,28)29)31-34(14)12-21(36)33-8-6-15(7-9-33)23-30-19(13-40-23)18-11-22(39-32-18)35-24(37)16-4-2-3-5-17(16)25(35)38/h2-5,10,13,15,22H,6-9,11-12H2,1H3/t22-/m1/s1. The number of oxime groups is 1. The van der Waals surface area contributed by atoms with Gasteiger partial charge in [0.05, 0.1) is 28.2 Å². The highest BCUT2D eigenvalue weighted by atomic mass is 32.1. The number of fused-ring (bicyclic) bond motifs is 1. The van der Waals surface area contributed by atoms with Gasteiger partial charge in [0.25, 0.3) is 11.8 Å². The predicted octanol–water partition coefficient (Wildman–Crippen LogP) is 3.82. The first-order valence-electron chi connectivity index (χ1n) is 12.6. The lowest BCUT2D eigenvalue weighted by Gasteiger charge is -2.31. The van der Waals surface area contributed by atoms with Crippen LogP contribution in [-0.4, -0.2) is 67.3 Å². The molecule has 10 nitrogen and oxygen atoms in total. The van der Waals surface area contributed by atoms with E-state index in [-0.39, 0.29) is 30.5 Å². The Morgan fingerprint density at radius 1 is 1.12 bits per heavy atom. The van der Waals surface area contributed by atoms with Gasteiger partial charge in [-0.2, -0.15) is 18.3 Å². The van der Waals surface area contributed by atoms with Crippen molar-refractivity contribution in [2.24, 2.45) is 5.16 Å². The van der Waals surface area contributed by atoms with Crippen LogP contribution < -0.4 is 0 Å². The molecule has 14 heteroatoms. The highest BCUT2D eigenvalue weighted by Crippen LogP contribution is 2.33. The lowest BCUT2D eigenvalue weighted by Crippen LogP contribution is -2.40. The summed E-state index contributed by atoms with van der Waals surface area (Å²) >= 11 is 1.47. The van der Waals surface area contributed by atoms with Gasteiger partial charge in [-0.1, -0.05) is 17.3 Å². The van der Waals surface area contributed by atoms with Gasteiger partial charge >= 0.3 is 6.18 Å². The number of halogens is 3. The third kappa shape index (κ3) is 4.65. The van der Waals surface area contributed by atoms with E-state index in [0.717, 1.165) is 20.7 Å². The van der Waals surface area contributed by atoms with Crippen molar-refractivity contribution in [3.05, 3.63) is 68.9 Å². The molecule has 3 amide bonds. The molecule has 3 aromatic rings. The van der Waals surface area contributed by atoms with Crippen LogP contribution in [0.5, 0.6) is 0 Å². The molecule has 5 heterocycles. The molecule has 3 aliphatic rings. The monoisotopic (exact) mass is 572 g/mol. The molecular weight excluding hydrogens is 549 g/mol. The predicted molar refractivity (Wildman–Crippen MR) is 136 cm³/mol. The largest absolute Gasteiger partial charge is 0.435 e. The van der Waals surface area contributed by atoms with Crippen molar-refractivity contribution in [1.82, 2.24) is 24.6 Å². The summed E-state index contributed by atoms with van der Waals surface area (Å²) in [5.74, 6) is -0.993. The number of carbonyl (C=O) groups excluding carboxylic acids is 3. The second-order valence-electron chi connectivity index (χ2n) is 9.88. The van der Waals surface area contributed by atoms with Gasteiger partial charge in [0.1, 0.15) is 12.3 Å². The molecule has 1 fully saturated rings.